The molecule has 1 aliphatic rings. The first kappa shape index (κ1) is 13.6. The van der Waals surface area contributed by atoms with Crippen molar-refractivity contribution in [3.8, 4) is 0 Å². The van der Waals surface area contributed by atoms with Crippen molar-refractivity contribution >= 4 is 0 Å². The number of hydrogen-bond donors (Lipinski definition) is 0. The van der Waals surface area contributed by atoms with E-state index in [2.05, 4.69) is 56.0 Å². The summed E-state index contributed by atoms with van der Waals surface area (Å²) in [4.78, 5) is 2.63. The van der Waals surface area contributed by atoms with Gasteiger partial charge in [-0.05, 0) is 42.7 Å². The van der Waals surface area contributed by atoms with Gasteiger partial charge >= 0.3 is 0 Å². The summed E-state index contributed by atoms with van der Waals surface area (Å²) in [5.74, 6) is 0.891. The van der Waals surface area contributed by atoms with Gasteiger partial charge in [0.1, 0.15) is 0 Å². The quantitative estimate of drug-likeness (QED) is 0.766. The largest absolute Gasteiger partial charge is 0.299 e. The fourth-order valence-electron chi connectivity index (χ4n) is 3.17. The van der Waals surface area contributed by atoms with Gasteiger partial charge in [-0.1, -0.05) is 51.1 Å². The minimum absolute atomic E-state index is 0.473. The summed E-state index contributed by atoms with van der Waals surface area (Å²) in [6.45, 7) is 10.8. The molecule has 1 aromatic carbocycles. The van der Waals surface area contributed by atoms with E-state index in [0.29, 0.717) is 5.41 Å². The summed E-state index contributed by atoms with van der Waals surface area (Å²) < 4.78 is 0. The van der Waals surface area contributed by atoms with Gasteiger partial charge in [-0.2, -0.15) is 0 Å². The second-order valence-electron chi connectivity index (χ2n) is 6.99. The predicted octanol–water partition coefficient (Wildman–Crippen LogP) is 4.33. The number of piperidine rings is 1. The van der Waals surface area contributed by atoms with Gasteiger partial charge in [0, 0.05) is 13.1 Å². The first-order chi connectivity index (χ1) is 8.53. The Hall–Kier alpha value is -0.820. The van der Waals surface area contributed by atoms with Crippen LogP contribution in [0.15, 0.2) is 30.3 Å². The first-order valence-corrected chi connectivity index (χ1v) is 7.29. The van der Waals surface area contributed by atoms with Crippen LogP contribution in [0, 0.1) is 11.3 Å². The van der Waals surface area contributed by atoms with Crippen molar-refractivity contribution in [2.45, 2.75) is 46.6 Å². The zero-order valence-electron chi connectivity index (χ0n) is 12.2. The monoisotopic (exact) mass is 245 g/mol. The van der Waals surface area contributed by atoms with Gasteiger partial charge in [0.15, 0.2) is 0 Å². The molecule has 1 aromatic rings. The Morgan fingerprint density at radius 2 is 1.89 bits per heavy atom. The fraction of sp³-hybridized carbons (Fsp3) is 0.647. The second kappa shape index (κ2) is 5.88. The molecule has 1 unspecified atom stereocenters. The highest BCUT2D eigenvalue weighted by atomic mass is 15.1. The van der Waals surface area contributed by atoms with Crippen LogP contribution in [-0.2, 0) is 6.54 Å². The molecule has 0 aromatic heterocycles. The van der Waals surface area contributed by atoms with E-state index in [1.54, 1.807) is 0 Å². The Balaban J connectivity index is 1.87. The third kappa shape index (κ3) is 4.45. The molecule has 18 heavy (non-hydrogen) atoms. The topological polar surface area (TPSA) is 3.24 Å². The third-order valence-corrected chi connectivity index (χ3v) is 3.75. The lowest BCUT2D eigenvalue weighted by molar-refractivity contribution is 0.135. The molecule has 0 amide bonds. The van der Waals surface area contributed by atoms with E-state index in [-0.39, 0.29) is 0 Å². The summed E-state index contributed by atoms with van der Waals surface area (Å²) in [5, 5.41) is 0. The van der Waals surface area contributed by atoms with Gasteiger partial charge in [0.2, 0.25) is 0 Å². The van der Waals surface area contributed by atoms with Crippen molar-refractivity contribution in [1.82, 2.24) is 4.90 Å². The molecule has 0 saturated carbocycles. The van der Waals surface area contributed by atoms with Crippen LogP contribution in [0.1, 0.15) is 45.6 Å². The molecule has 0 spiro atoms. The molecule has 1 heteroatoms. The highest BCUT2D eigenvalue weighted by molar-refractivity contribution is 5.14. The number of nitrogens with zero attached hydrogens (tertiary/aromatic N) is 1. The van der Waals surface area contributed by atoms with E-state index in [1.165, 1.54) is 37.9 Å². The van der Waals surface area contributed by atoms with Gasteiger partial charge in [0.25, 0.3) is 0 Å². The fourth-order valence-corrected chi connectivity index (χ4v) is 3.17. The zero-order valence-corrected chi connectivity index (χ0v) is 12.2. The molecule has 0 radical (unpaired) electrons. The second-order valence-corrected chi connectivity index (χ2v) is 6.99. The molecular weight excluding hydrogens is 218 g/mol. The molecule has 1 fully saturated rings. The van der Waals surface area contributed by atoms with Crippen LogP contribution in [0.5, 0.6) is 0 Å². The van der Waals surface area contributed by atoms with Crippen LogP contribution < -0.4 is 0 Å². The van der Waals surface area contributed by atoms with E-state index in [4.69, 9.17) is 0 Å². The summed E-state index contributed by atoms with van der Waals surface area (Å²) >= 11 is 0. The maximum absolute atomic E-state index is 2.63. The molecule has 1 nitrogen and oxygen atoms in total. The maximum atomic E-state index is 2.63. The molecule has 0 aliphatic carbocycles. The van der Waals surface area contributed by atoms with Crippen molar-refractivity contribution in [3.63, 3.8) is 0 Å². The highest BCUT2D eigenvalue weighted by Crippen LogP contribution is 2.30. The molecule has 100 valence electrons. The van der Waals surface area contributed by atoms with E-state index < -0.39 is 0 Å². The Morgan fingerprint density at radius 3 is 2.56 bits per heavy atom. The molecule has 2 rings (SSSR count). The van der Waals surface area contributed by atoms with Crippen LogP contribution in [0.3, 0.4) is 0 Å². The van der Waals surface area contributed by atoms with E-state index >= 15 is 0 Å². The van der Waals surface area contributed by atoms with Crippen molar-refractivity contribution < 1.29 is 0 Å². The van der Waals surface area contributed by atoms with Crippen LogP contribution in [0.2, 0.25) is 0 Å². The van der Waals surface area contributed by atoms with E-state index in [1.807, 2.05) is 0 Å². The molecule has 1 saturated heterocycles. The van der Waals surface area contributed by atoms with Crippen LogP contribution in [0.4, 0.5) is 0 Å². The average Bonchev–Trinajstić information content (AvgIpc) is 2.28. The van der Waals surface area contributed by atoms with Gasteiger partial charge in [-0.25, -0.2) is 0 Å². The number of rotatable bonds is 3. The van der Waals surface area contributed by atoms with Gasteiger partial charge in [-0.15, -0.1) is 0 Å². The number of benzene rings is 1. The van der Waals surface area contributed by atoms with Gasteiger partial charge < -0.3 is 0 Å². The lowest BCUT2D eigenvalue weighted by Crippen LogP contribution is -2.36. The minimum Gasteiger partial charge on any atom is -0.299 e. The highest BCUT2D eigenvalue weighted by Gasteiger charge is 2.24. The molecule has 1 aliphatic heterocycles. The summed E-state index contributed by atoms with van der Waals surface area (Å²) in [7, 11) is 0. The zero-order chi connectivity index (χ0) is 13.0. The smallest absolute Gasteiger partial charge is 0.0233 e. The molecule has 0 N–H and O–H groups in total. The Labute approximate surface area is 112 Å². The van der Waals surface area contributed by atoms with Crippen LogP contribution >= 0.6 is 0 Å². The summed E-state index contributed by atoms with van der Waals surface area (Å²) in [6, 6.07) is 10.9. The molecule has 1 heterocycles. The molecule has 1 atom stereocenters. The average molecular weight is 245 g/mol. The first-order valence-electron chi connectivity index (χ1n) is 7.29. The van der Waals surface area contributed by atoms with Crippen molar-refractivity contribution in [2.24, 2.45) is 11.3 Å². The predicted molar refractivity (Wildman–Crippen MR) is 78.5 cm³/mol. The van der Waals surface area contributed by atoms with Crippen molar-refractivity contribution in [1.29, 1.82) is 0 Å². The lowest BCUT2D eigenvalue weighted by Gasteiger charge is -2.35. The number of hydrogen-bond acceptors (Lipinski definition) is 1. The maximum Gasteiger partial charge on any atom is 0.0233 e. The van der Waals surface area contributed by atoms with E-state index in [0.717, 1.165) is 12.5 Å². The van der Waals surface area contributed by atoms with Gasteiger partial charge in [0.05, 0.1) is 0 Å². The van der Waals surface area contributed by atoms with Gasteiger partial charge in [-0.3, -0.25) is 4.90 Å². The summed E-state index contributed by atoms with van der Waals surface area (Å²) in [5.41, 5.74) is 1.93. The molecular formula is C17H27N. The Kier molecular flexibility index (Phi) is 4.45. The van der Waals surface area contributed by atoms with Crippen LogP contribution in [0.25, 0.3) is 0 Å². The Bertz CT molecular complexity index is 350. The lowest BCUT2D eigenvalue weighted by atomic mass is 9.81. The van der Waals surface area contributed by atoms with Crippen molar-refractivity contribution in [2.75, 3.05) is 13.1 Å². The standard InChI is InChI=1S/C17H27N/c1-17(2,3)12-16-10-7-11-18(14-16)13-15-8-5-4-6-9-15/h4-6,8-9,16H,7,10-14H2,1-3H3. The SMILES string of the molecule is CC(C)(C)CC1CCCN(Cc2ccccc2)C1. The summed E-state index contributed by atoms with van der Waals surface area (Å²) in [6.07, 6.45) is 4.15. The minimum atomic E-state index is 0.473. The van der Waals surface area contributed by atoms with E-state index in [9.17, 15) is 0 Å². The normalized spacial score (nSPS) is 22.1. The third-order valence-electron chi connectivity index (χ3n) is 3.75. The molecule has 0 bridgehead atoms. The Morgan fingerprint density at radius 1 is 1.17 bits per heavy atom. The van der Waals surface area contributed by atoms with Crippen LogP contribution in [-0.4, -0.2) is 18.0 Å². The van der Waals surface area contributed by atoms with Crippen molar-refractivity contribution in [3.05, 3.63) is 35.9 Å². The number of likely N-dealkylation sites (tertiary alicyclic amines) is 1.